The van der Waals surface area contributed by atoms with E-state index >= 15 is 0 Å². The van der Waals surface area contributed by atoms with Crippen LogP contribution in [0.5, 0.6) is 23.0 Å². The van der Waals surface area contributed by atoms with E-state index in [2.05, 4.69) is 0 Å². The summed E-state index contributed by atoms with van der Waals surface area (Å²) in [5.74, 6) is 0.205. The van der Waals surface area contributed by atoms with E-state index in [4.69, 9.17) is 17.8 Å². The van der Waals surface area contributed by atoms with E-state index < -0.39 is 53.4 Å². The molecule has 8 rings (SSSR count). The van der Waals surface area contributed by atoms with Gasteiger partial charge < -0.3 is 17.8 Å². The van der Waals surface area contributed by atoms with E-state index in [0.29, 0.717) is 58.7 Å². The molecule has 4 aromatic carbocycles. The van der Waals surface area contributed by atoms with Crippen LogP contribution in [0.3, 0.4) is 0 Å². The molecule has 0 saturated heterocycles. The number of ether oxygens (including phenoxy) is 2. The first-order chi connectivity index (χ1) is 25.4. The Morgan fingerprint density at radius 2 is 0.981 bits per heavy atom. The topological polar surface area (TPSA) is 139 Å². The molecule has 0 N–H and O–H groups in total. The van der Waals surface area contributed by atoms with Crippen molar-refractivity contribution in [2.45, 2.75) is 66.2 Å². The molecule has 4 aliphatic rings. The van der Waals surface area contributed by atoms with Gasteiger partial charge in [-0.1, -0.05) is 39.8 Å². The minimum atomic E-state index is -4.39. The molecule has 0 unspecified atom stereocenters. The number of Topliss-reactive ketones (excluding diaryl/α,β-unsaturated/α-hetero) is 2. The van der Waals surface area contributed by atoms with Crippen molar-refractivity contribution in [3.8, 4) is 34.1 Å². The molecule has 4 bridgehead atoms. The smallest absolute Gasteiger partial charge is 0.310 e. The number of benzene rings is 4. The van der Waals surface area contributed by atoms with E-state index in [1.807, 2.05) is 27.7 Å². The van der Waals surface area contributed by atoms with Crippen LogP contribution in [0.25, 0.3) is 32.7 Å². The first-order valence-electron chi connectivity index (χ1n) is 18.5. The van der Waals surface area contributed by atoms with E-state index in [9.17, 15) is 26.4 Å². The van der Waals surface area contributed by atoms with Gasteiger partial charge in [0.05, 0.1) is 36.6 Å². The first-order valence-corrected chi connectivity index (χ1v) is 21.7. The Morgan fingerprint density at radius 3 is 1.30 bits per heavy atom. The fourth-order valence-corrected chi connectivity index (χ4v) is 14.1. The highest BCUT2D eigenvalue weighted by molar-refractivity contribution is 7.87. The molecule has 4 aliphatic carbocycles. The molecular formula is C42H46O10S2. The molecule has 0 aliphatic heterocycles. The summed E-state index contributed by atoms with van der Waals surface area (Å²) < 4.78 is 80.1. The van der Waals surface area contributed by atoms with Gasteiger partial charge in [-0.25, -0.2) is 0 Å². The van der Waals surface area contributed by atoms with Gasteiger partial charge in [-0.2, -0.15) is 16.8 Å². The summed E-state index contributed by atoms with van der Waals surface area (Å²) in [6.45, 7) is 7.89. The minimum absolute atomic E-state index is 0.0447. The molecule has 0 radical (unpaired) electrons. The third-order valence-electron chi connectivity index (χ3n) is 14.2. The van der Waals surface area contributed by atoms with E-state index in [0.717, 1.165) is 12.8 Å². The zero-order valence-corrected chi connectivity index (χ0v) is 33.1. The predicted molar refractivity (Wildman–Crippen MR) is 206 cm³/mol. The quantitative estimate of drug-likeness (QED) is 0.138. The van der Waals surface area contributed by atoms with Crippen LogP contribution in [0.1, 0.15) is 66.2 Å². The molecule has 0 heterocycles. The highest BCUT2D eigenvalue weighted by Gasteiger charge is 2.67. The monoisotopic (exact) mass is 774 g/mol. The van der Waals surface area contributed by atoms with Crippen LogP contribution >= 0.6 is 0 Å². The molecular weight excluding hydrogens is 729 g/mol. The van der Waals surface area contributed by atoms with Crippen LogP contribution in [-0.4, -0.2) is 54.1 Å². The highest BCUT2D eigenvalue weighted by atomic mass is 32.2. The Balaban J connectivity index is 1.30. The third-order valence-corrected chi connectivity index (χ3v) is 16.7. The van der Waals surface area contributed by atoms with Crippen LogP contribution in [0, 0.1) is 33.5 Å². The maximum Gasteiger partial charge on any atom is 0.310 e. The van der Waals surface area contributed by atoms with E-state index in [1.165, 1.54) is 0 Å². The molecule has 4 saturated carbocycles. The summed E-state index contributed by atoms with van der Waals surface area (Å²) in [7, 11) is -5.70. The molecule has 10 nitrogen and oxygen atoms in total. The van der Waals surface area contributed by atoms with Crippen LogP contribution in [0.4, 0.5) is 0 Å². The summed E-state index contributed by atoms with van der Waals surface area (Å²) in [5.41, 5.74) is -2.58. The zero-order valence-electron chi connectivity index (χ0n) is 31.5. The fraction of sp³-hybridized carbons (Fsp3) is 0.476. The summed E-state index contributed by atoms with van der Waals surface area (Å²) in [6, 6.07) is 17.1. The Hall–Kier alpha value is -4.16. The van der Waals surface area contributed by atoms with Crippen molar-refractivity contribution in [1.29, 1.82) is 0 Å². The van der Waals surface area contributed by atoms with Crippen molar-refractivity contribution in [2.75, 3.05) is 25.7 Å². The predicted octanol–water partition coefficient (Wildman–Crippen LogP) is 7.89. The van der Waals surface area contributed by atoms with Gasteiger partial charge in [-0.05, 0) is 118 Å². The number of hydrogen-bond acceptors (Lipinski definition) is 10. The lowest BCUT2D eigenvalue weighted by Gasteiger charge is -2.36. The Morgan fingerprint density at radius 1 is 0.593 bits per heavy atom. The van der Waals surface area contributed by atoms with Gasteiger partial charge in [0.1, 0.15) is 23.1 Å². The molecule has 0 aromatic heterocycles. The summed E-state index contributed by atoms with van der Waals surface area (Å²) in [5, 5.41) is 2.45. The van der Waals surface area contributed by atoms with Gasteiger partial charge in [-0.3, -0.25) is 9.59 Å². The number of ketones is 2. The first kappa shape index (κ1) is 36.8. The summed E-state index contributed by atoms with van der Waals surface area (Å²) in [6.07, 6.45) is 3.20. The molecule has 0 spiro atoms. The SMILES string of the molecule is COc1ccc2c(-c3c(OS(=O)(=O)C[C@]45CC[C@H](CC4=O)C5(C)C)ccc4cc(OC)ccc34)c(OS(=O)(=O)C[C@]34CC[C@H](CC3=O)C4(C)C)ccc2c1. The molecule has 54 heavy (non-hydrogen) atoms. The summed E-state index contributed by atoms with van der Waals surface area (Å²) in [4.78, 5) is 26.8. The second-order valence-electron chi connectivity index (χ2n) is 17.0. The zero-order chi connectivity index (χ0) is 38.6. The van der Waals surface area contributed by atoms with E-state index in [1.54, 1.807) is 74.9 Å². The number of methoxy groups -OCH3 is 2. The molecule has 12 heteroatoms. The number of carbonyl (C=O) groups is 2. The number of carbonyl (C=O) groups excluding carboxylic acids is 2. The maximum atomic E-state index is 14.2. The van der Waals surface area contributed by atoms with Crippen LogP contribution in [-0.2, 0) is 29.8 Å². The van der Waals surface area contributed by atoms with Crippen molar-refractivity contribution in [3.05, 3.63) is 60.7 Å². The molecule has 4 aromatic rings. The average Bonchev–Trinajstić information content (AvgIpc) is 3.64. The van der Waals surface area contributed by atoms with E-state index in [-0.39, 0.29) is 46.0 Å². The lowest BCUT2D eigenvalue weighted by molar-refractivity contribution is -0.128. The van der Waals surface area contributed by atoms with Crippen molar-refractivity contribution in [1.82, 2.24) is 0 Å². The fourth-order valence-electron chi connectivity index (χ4n) is 10.6. The van der Waals surface area contributed by atoms with Gasteiger partial charge in [0.2, 0.25) is 0 Å². The Bertz CT molecular complexity index is 2310. The lowest BCUT2D eigenvalue weighted by Crippen LogP contribution is -2.43. The van der Waals surface area contributed by atoms with Crippen molar-refractivity contribution >= 4 is 53.3 Å². The standard InChI is InChI=1S/C42H46O10S2/c1-39(2)27-15-17-41(39,35(43)21-27)23-53(45,46)51-33-13-7-25-19-29(49-5)9-11-31(25)37(33)38-32-12-10-30(50-6)20-26(32)8-14-34(38)52-54(47,48)24-42-18-16-28(22-36(42)44)40(42,3)4/h7-14,19-20,27-28H,15-18,21-24H2,1-6H3/t27-,28-,41-,42-/m1/s1. The Kier molecular flexibility index (Phi) is 8.29. The highest BCUT2D eigenvalue weighted by Crippen LogP contribution is 2.65. The summed E-state index contributed by atoms with van der Waals surface area (Å²) >= 11 is 0. The minimum Gasteiger partial charge on any atom is -0.497 e. The van der Waals surface area contributed by atoms with Gasteiger partial charge >= 0.3 is 20.2 Å². The van der Waals surface area contributed by atoms with Crippen molar-refractivity contribution in [3.63, 3.8) is 0 Å². The normalized spacial score (nSPS) is 26.9. The third kappa shape index (κ3) is 5.37. The average molecular weight is 775 g/mol. The second-order valence-corrected chi connectivity index (χ2v) is 20.1. The van der Waals surface area contributed by atoms with Crippen molar-refractivity contribution < 1.29 is 44.3 Å². The number of fused-ring (bicyclic) bond motifs is 6. The molecule has 286 valence electrons. The van der Waals surface area contributed by atoms with Crippen molar-refractivity contribution in [2.24, 2.45) is 33.5 Å². The maximum absolute atomic E-state index is 14.2. The van der Waals surface area contributed by atoms with Gasteiger partial charge in [0, 0.05) is 24.0 Å². The molecule has 4 fully saturated rings. The van der Waals surface area contributed by atoms with Crippen LogP contribution < -0.4 is 17.8 Å². The van der Waals surface area contributed by atoms with Crippen LogP contribution in [0.15, 0.2) is 60.7 Å². The second kappa shape index (κ2) is 12.2. The largest absolute Gasteiger partial charge is 0.497 e. The van der Waals surface area contributed by atoms with Gasteiger partial charge in [-0.15, -0.1) is 0 Å². The number of rotatable bonds is 11. The van der Waals surface area contributed by atoms with Gasteiger partial charge in [0.15, 0.2) is 11.5 Å². The van der Waals surface area contributed by atoms with Crippen LogP contribution in [0.2, 0.25) is 0 Å². The molecule has 4 atom stereocenters. The van der Waals surface area contributed by atoms with Gasteiger partial charge in [0.25, 0.3) is 0 Å². The molecule has 0 amide bonds. The lowest BCUT2D eigenvalue weighted by atomic mass is 9.70. The number of hydrogen-bond donors (Lipinski definition) is 0. The Labute approximate surface area is 316 Å².